The molecule has 0 saturated heterocycles. The van der Waals surface area contributed by atoms with Crippen molar-refractivity contribution in [2.75, 3.05) is 6.54 Å². The van der Waals surface area contributed by atoms with E-state index in [-0.39, 0.29) is 5.41 Å². The van der Waals surface area contributed by atoms with Crippen molar-refractivity contribution >= 4 is 10.9 Å². The lowest BCUT2D eigenvalue weighted by Crippen LogP contribution is -2.18. The summed E-state index contributed by atoms with van der Waals surface area (Å²) in [5.74, 6) is 0. The highest BCUT2D eigenvalue weighted by atomic mass is 14.8. The van der Waals surface area contributed by atoms with Gasteiger partial charge in [0.2, 0.25) is 0 Å². The SMILES string of the molecule is CCCCNCc1cc(C(C)(C)C)nc2ccc(C)cc12. The monoisotopic (exact) mass is 284 g/mol. The second-order valence-corrected chi connectivity index (χ2v) is 6.97. The summed E-state index contributed by atoms with van der Waals surface area (Å²) in [4.78, 5) is 4.86. The van der Waals surface area contributed by atoms with Crippen molar-refractivity contribution in [1.29, 1.82) is 0 Å². The van der Waals surface area contributed by atoms with Crippen molar-refractivity contribution in [2.24, 2.45) is 0 Å². The first kappa shape index (κ1) is 16.0. The first-order chi connectivity index (χ1) is 9.91. The van der Waals surface area contributed by atoms with Crippen LogP contribution >= 0.6 is 0 Å². The van der Waals surface area contributed by atoms with Gasteiger partial charge in [-0.25, -0.2) is 0 Å². The number of benzene rings is 1. The molecule has 21 heavy (non-hydrogen) atoms. The Kier molecular flexibility index (Phi) is 5.00. The molecule has 2 nitrogen and oxygen atoms in total. The zero-order chi connectivity index (χ0) is 15.5. The van der Waals surface area contributed by atoms with E-state index in [0.717, 1.165) is 18.6 Å². The summed E-state index contributed by atoms with van der Waals surface area (Å²) in [6.07, 6.45) is 2.46. The molecule has 2 aromatic rings. The number of hydrogen-bond acceptors (Lipinski definition) is 2. The van der Waals surface area contributed by atoms with Gasteiger partial charge in [0.1, 0.15) is 0 Å². The number of hydrogen-bond donors (Lipinski definition) is 1. The summed E-state index contributed by atoms with van der Waals surface area (Å²) >= 11 is 0. The topological polar surface area (TPSA) is 24.9 Å². The summed E-state index contributed by atoms with van der Waals surface area (Å²) in [6.45, 7) is 13.1. The van der Waals surface area contributed by atoms with E-state index in [1.807, 2.05) is 0 Å². The van der Waals surface area contributed by atoms with Crippen LogP contribution in [0.4, 0.5) is 0 Å². The number of pyridine rings is 1. The minimum atomic E-state index is 0.0806. The van der Waals surface area contributed by atoms with Gasteiger partial charge in [-0.3, -0.25) is 4.98 Å². The highest BCUT2D eigenvalue weighted by Gasteiger charge is 2.17. The van der Waals surface area contributed by atoms with E-state index in [1.54, 1.807) is 0 Å². The van der Waals surface area contributed by atoms with Crippen LogP contribution in [0.2, 0.25) is 0 Å². The molecule has 0 atom stereocenters. The Hall–Kier alpha value is -1.41. The maximum absolute atomic E-state index is 4.86. The van der Waals surface area contributed by atoms with E-state index in [4.69, 9.17) is 4.98 Å². The number of aryl methyl sites for hydroxylation is 1. The minimum absolute atomic E-state index is 0.0806. The zero-order valence-electron chi connectivity index (χ0n) is 14.1. The van der Waals surface area contributed by atoms with Crippen LogP contribution in [-0.4, -0.2) is 11.5 Å². The first-order valence-corrected chi connectivity index (χ1v) is 8.03. The Bertz CT molecular complexity index is 609. The molecule has 0 saturated carbocycles. The van der Waals surface area contributed by atoms with Gasteiger partial charge in [0, 0.05) is 23.0 Å². The fourth-order valence-corrected chi connectivity index (χ4v) is 2.46. The first-order valence-electron chi connectivity index (χ1n) is 8.03. The number of unbranched alkanes of at least 4 members (excludes halogenated alkanes) is 1. The summed E-state index contributed by atoms with van der Waals surface area (Å²) < 4.78 is 0. The van der Waals surface area contributed by atoms with Gasteiger partial charge < -0.3 is 5.32 Å². The Morgan fingerprint density at radius 2 is 1.90 bits per heavy atom. The van der Waals surface area contributed by atoms with E-state index in [0.29, 0.717) is 0 Å². The smallest absolute Gasteiger partial charge is 0.0708 e. The van der Waals surface area contributed by atoms with Crippen molar-refractivity contribution in [3.05, 3.63) is 41.1 Å². The van der Waals surface area contributed by atoms with Crippen molar-refractivity contribution in [3.8, 4) is 0 Å². The maximum Gasteiger partial charge on any atom is 0.0708 e. The maximum atomic E-state index is 4.86. The number of aromatic nitrogens is 1. The highest BCUT2D eigenvalue weighted by molar-refractivity contribution is 5.83. The van der Waals surface area contributed by atoms with Gasteiger partial charge in [0.15, 0.2) is 0 Å². The standard InChI is InChI=1S/C19H28N2/c1-6-7-10-20-13-15-12-18(19(3,4)5)21-17-9-8-14(2)11-16(15)17/h8-9,11-12,20H,6-7,10,13H2,1-5H3. The van der Waals surface area contributed by atoms with E-state index >= 15 is 0 Å². The predicted molar refractivity (Wildman–Crippen MR) is 91.8 cm³/mol. The van der Waals surface area contributed by atoms with Crippen molar-refractivity contribution in [1.82, 2.24) is 10.3 Å². The summed E-state index contributed by atoms with van der Waals surface area (Å²) in [5, 5.41) is 4.85. The average molecular weight is 284 g/mol. The van der Waals surface area contributed by atoms with Crippen LogP contribution in [0.1, 0.15) is 57.4 Å². The van der Waals surface area contributed by atoms with Crippen LogP contribution in [-0.2, 0) is 12.0 Å². The molecule has 0 unspecified atom stereocenters. The lowest BCUT2D eigenvalue weighted by Gasteiger charge is -2.20. The van der Waals surface area contributed by atoms with Gasteiger partial charge in [-0.1, -0.05) is 45.7 Å². The van der Waals surface area contributed by atoms with Gasteiger partial charge in [0.05, 0.1) is 5.52 Å². The fraction of sp³-hybridized carbons (Fsp3) is 0.526. The zero-order valence-corrected chi connectivity index (χ0v) is 14.1. The highest BCUT2D eigenvalue weighted by Crippen LogP contribution is 2.26. The van der Waals surface area contributed by atoms with Crippen LogP contribution < -0.4 is 5.32 Å². The number of fused-ring (bicyclic) bond motifs is 1. The number of rotatable bonds is 5. The number of nitrogens with zero attached hydrogens (tertiary/aromatic N) is 1. The van der Waals surface area contributed by atoms with Crippen LogP contribution in [0.3, 0.4) is 0 Å². The van der Waals surface area contributed by atoms with Crippen LogP contribution in [0.5, 0.6) is 0 Å². The van der Waals surface area contributed by atoms with Crippen molar-refractivity contribution in [3.63, 3.8) is 0 Å². The van der Waals surface area contributed by atoms with Gasteiger partial charge in [-0.15, -0.1) is 0 Å². The third-order valence-electron chi connectivity index (χ3n) is 3.84. The second kappa shape index (κ2) is 6.57. The van der Waals surface area contributed by atoms with E-state index < -0.39 is 0 Å². The molecule has 1 N–H and O–H groups in total. The molecular weight excluding hydrogens is 256 g/mol. The largest absolute Gasteiger partial charge is 0.313 e. The lowest BCUT2D eigenvalue weighted by atomic mass is 9.89. The fourth-order valence-electron chi connectivity index (χ4n) is 2.46. The molecule has 0 bridgehead atoms. The quantitative estimate of drug-likeness (QED) is 0.803. The molecule has 0 aliphatic carbocycles. The van der Waals surface area contributed by atoms with Crippen molar-refractivity contribution < 1.29 is 0 Å². The third kappa shape index (κ3) is 4.04. The van der Waals surface area contributed by atoms with Gasteiger partial charge in [0.25, 0.3) is 0 Å². The third-order valence-corrected chi connectivity index (χ3v) is 3.84. The van der Waals surface area contributed by atoms with Crippen LogP contribution in [0.15, 0.2) is 24.3 Å². The molecule has 0 radical (unpaired) electrons. The molecular formula is C19H28N2. The van der Waals surface area contributed by atoms with E-state index in [1.165, 1.54) is 35.0 Å². The molecule has 2 rings (SSSR count). The molecule has 0 spiro atoms. The Balaban J connectivity index is 2.40. The van der Waals surface area contributed by atoms with Crippen LogP contribution in [0.25, 0.3) is 10.9 Å². The number of nitrogens with one attached hydrogen (secondary N) is 1. The van der Waals surface area contributed by atoms with E-state index in [9.17, 15) is 0 Å². The molecule has 1 heterocycles. The Morgan fingerprint density at radius 3 is 2.57 bits per heavy atom. The Labute approximate surface area is 129 Å². The van der Waals surface area contributed by atoms with E-state index in [2.05, 4.69) is 64.2 Å². The molecule has 0 fully saturated rings. The van der Waals surface area contributed by atoms with Gasteiger partial charge in [-0.05, 0) is 43.7 Å². The Morgan fingerprint density at radius 1 is 1.14 bits per heavy atom. The summed E-state index contributed by atoms with van der Waals surface area (Å²) in [7, 11) is 0. The predicted octanol–water partition coefficient (Wildman–Crippen LogP) is 4.73. The molecule has 0 aliphatic rings. The molecule has 1 aromatic carbocycles. The normalized spacial score (nSPS) is 12.0. The lowest BCUT2D eigenvalue weighted by molar-refractivity contribution is 0.569. The van der Waals surface area contributed by atoms with Gasteiger partial charge >= 0.3 is 0 Å². The molecule has 1 aromatic heterocycles. The summed E-state index contributed by atoms with van der Waals surface area (Å²) in [6, 6.07) is 8.83. The van der Waals surface area contributed by atoms with Crippen LogP contribution in [0, 0.1) is 6.92 Å². The molecule has 0 aliphatic heterocycles. The van der Waals surface area contributed by atoms with Gasteiger partial charge in [-0.2, -0.15) is 0 Å². The van der Waals surface area contributed by atoms with Crippen molar-refractivity contribution in [2.45, 2.75) is 59.4 Å². The molecule has 114 valence electrons. The second-order valence-electron chi connectivity index (χ2n) is 6.97. The summed E-state index contributed by atoms with van der Waals surface area (Å²) in [5.41, 5.74) is 5.02. The molecule has 2 heteroatoms. The average Bonchev–Trinajstić information content (AvgIpc) is 2.42. The molecule has 0 amide bonds. The minimum Gasteiger partial charge on any atom is -0.313 e.